The van der Waals surface area contributed by atoms with Gasteiger partial charge in [-0.15, -0.1) is 0 Å². The fourth-order valence-corrected chi connectivity index (χ4v) is 26.0. The molecule has 0 radical (unpaired) electrons. The van der Waals surface area contributed by atoms with E-state index in [-0.39, 0.29) is 5.60 Å². The van der Waals surface area contributed by atoms with Crippen molar-refractivity contribution < 1.29 is 4.43 Å². The highest BCUT2D eigenvalue weighted by atomic mass is 28.4. The summed E-state index contributed by atoms with van der Waals surface area (Å²) in [5.74, 6) is 0. The zero-order chi connectivity index (χ0) is 73.6. The van der Waals surface area contributed by atoms with E-state index in [0.717, 1.165) is 0 Å². The van der Waals surface area contributed by atoms with Gasteiger partial charge in [-0.2, -0.15) is 0 Å². The van der Waals surface area contributed by atoms with Crippen LogP contribution in [0.5, 0.6) is 0 Å². The van der Waals surface area contributed by atoms with E-state index in [9.17, 15) is 4.43 Å². The predicted octanol–water partition coefficient (Wildman–Crippen LogP) is 38.4. The minimum absolute atomic E-state index is 0.0459. The van der Waals surface area contributed by atoms with Crippen LogP contribution < -0.4 is 0 Å². The fourth-order valence-electron chi connectivity index (χ4n) is 20.2. The maximum absolute atomic E-state index is 9.49. The maximum atomic E-state index is 9.49. The van der Waals surface area contributed by atoms with Crippen LogP contribution in [0.2, 0.25) is 18.1 Å². The zero-order valence-electron chi connectivity index (χ0n) is 73.3. The first-order valence-electron chi connectivity index (χ1n) is 50.1. The lowest BCUT2D eigenvalue weighted by atomic mass is 9.47. The van der Waals surface area contributed by atoms with Crippen molar-refractivity contribution in [3.05, 3.63) is 0 Å². The number of unbranched alkanes of at least 4 members (excludes halogenated alkanes) is 72. The van der Waals surface area contributed by atoms with Crippen LogP contribution in [0.25, 0.3) is 0 Å². The molecule has 0 saturated carbocycles. The van der Waals surface area contributed by atoms with Crippen molar-refractivity contribution in [2.75, 3.05) is 0 Å². The topological polar surface area (TPSA) is 9.23 Å². The van der Waals surface area contributed by atoms with Gasteiger partial charge in [0.05, 0.1) is 5.60 Å². The Balaban J connectivity index is 4.48. The highest BCUT2D eigenvalue weighted by Crippen LogP contribution is 2.70. The second-order valence-corrected chi connectivity index (χ2v) is 40.2. The van der Waals surface area contributed by atoms with E-state index in [0.29, 0.717) is 10.8 Å². The van der Waals surface area contributed by atoms with Crippen molar-refractivity contribution in [1.29, 1.82) is 0 Å². The Morgan fingerprint density at radius 3 is 0.500 bits per heavy atom. The smallest absolute Gasteiger partial charge is 0.194 e. The van der Waals surface area contributed by atoms with Gasteiger partial charge in [0.1, 0.15) is 0 Å². The summed E-state index contributed by atoms with van der Waals surface area (Å²) in [5.41, 5.74) is 0.762. The molecule has 0 N–H and O–H groups in total. The lowest BCUT2D eigenvalue weighted by molar-refractivity contribution is -0.192. The van der Waals surface area contributed by atoms with Gasteiger partial charge in [0.15, 0.2) is 8.32 Å². The quantitative estimate of drug-likeness (QED) is 0.0436. The molecule has 0 bridgehead atoms. The minimum Gasteiger partial charge on any atom is -0.411 e. The van der Waals surface area contributed by atoms with Crippen molar-refractivity contribution in [3.8, 4) is 0 Å². The average Bonchev–Trinajstić information content (AvgIpc) is 0.693. The van der Waals surface area contributed by atoms with Crippen LogP contribution in [0, 0.1) is 10.8 Å². The molecule has 0 aromatic carbocycles. The van der Waals surface area contributed by atoms with Gasteiger partial charge in [0.2, 0.25) is 0 Å². The largest absolute Gasteiger partial charge is 0.411 e. The van der Waals surface area contributed by atoms with E-state index in [1.807, 2.05) is 0 Å². The van der Waals surface area contributed by atoms with Crippen LogP contribution in [0.4, 0.5) is 0 Å². The third-order valence-electron chi connectivity index (χ3n) is 26.7. The molecule has 2 heteroatoms. The second kappa shape index (κ2) is 77.9. The first-order valence-corrected chi connectivity index (χ1v) is 52.6. The molecule has 0 aliphatic carbocycles. The average molecular weight is 1450 g/mol. The molecule has 0 spiro atoms. The summed E-state index contributed by atoms with van der Waals surface area (Å²) >= 11 is 0. The summed E-state index contributed by atoms with van der Waals surface area (Å²) in [5, 5.41) is 0. The van der Waals surface area contributed by atoms with E-state index in [4.69, 9.17) is 0 Å². The van der Waals surface area contributed by atoms with Gasteiger partial charge < -0.3 is 4.43 Å². The molecule has 0 atom stereocenters. The Bertz CT molecular complexity index is 1400. The third kappa shape index (κ3) is 54.7. The molecule has 1 nitrogen and oxygen atoms in total. The molecule has 1 aliphatic rings. The molecule has 0 unspecified atom stereocenters. The minimum atomic E-state index is -2.27. The fraction of sp³-hybridized carbons (Fsp3) is 1.00. The van der Waals surface area contributed by atoms with Crippen molar-refractivity contribution in [2.45, 2.75) is 631 Å². The van der Waals surface area contributed by atoms with Crippen molar-refractivity contribution in [2.24, 2.45) is 10.8 Å². The van der Waals surface area contributed by atoms with E-state index >= 15 is 0 Å². The standard InChI is InChI=1S/C100H202OSi/c1-9-17-25-33-41-49-57-65-73-81-89-98(90-82-74-66-58-50-42-34-26-18-10-2)97-102(95-87-79-71-63-55-47-39-31-23-15-7,96-88-80-72-64-56-48-40-32-24-16-8)101-100(93-85-77-69-61-53-45-37-29-21-13-5,94-86-78-70-62-54-46-38-30-22-14-6)99(98,91-83-75-67-59-51-43-35-27-19-11-3)92-84-76-68-60-52-44-36-28-20-12-4/h9-97H2,1-8H3. The van der Waals surface area contributed by atoms with E-state index in [1.54, 1.807) is 18.9 Å². The van der Waals surface area contributed by atoms with E-state index in [1.165, 1.54) is 551 Å². The van der Waals surface area contributed by atoms with Gasteiger partial charge in [0.25, 0.3) is 0 Å². The zero-order valence-corrected chi connectivity index (χ0v) is 74.3. The highest BCUT2D eigenvalue weighted by Gasteiger charge is 2.68. The Labute approximate surface area is 650 Å². The predicted molar refractivity (Wildman–Crippen MR) is 471 cm³/mol. The maximum Gasteiger partial charge on any atom is 0.194 e. The molecule has 1 fully saturated rings. The molecule has 102 heavy (non-hydrogen) atoms. The van der Waals surface area contributed by atoms with Gasteiger partial charge in [-0.25, -0.2) is 0 Å². The Hall–Kier alpha value is 0.177. The summed E-state index contributed by atoms with van der Waals surface area (Å²) in [4.78, 5) is 0. The van der Waals surface area contributed by atoms with Crippen LogP contribution in [-0.2, 0) is 4.43 Å². The van der Waals surface area contributed by atoms with Crippen LogP contribution in [-0.4, -0.2) is 13.9 Å². The lowest BCUT2D eigenvalue weighted by Gasteiger charge is -2.69. The van der Waals surface area contributed by atoms with Crippen molar-refractivity contribution in [3.63, 3.8) is 0 Å². The first-order chi connectivity index (χ1) is 50.4. The van der Waals surface area contributed by atoms with Crippen LogP contribution in [0.1, 0.15) is 608 Å². The number of rotatable bonds is 88. The molecule has 612 valence electrons. The summed E-state index contributed by atoms with van der Waals surface area (Å²) in [6.07, 6.45) is 126. The van der Waals surface area contributed by atoms with Gasteiger partial charge in [-0.05, 0) is 62.1 Å². The third-order valence-corrected chi connectivity index (χ3v) is 31.4. The molecule has 1 saturated heterocycles. The molecule has 1 aliphatic heterocycles. The first kappa shape index (κ1) is 100. The van der Waals surface area contributed by atoms with Crippen molar-refractivity contribution in [1.82, 2.24) is 0 Å². The lowest BCUT2D eigenvalue weighted by Crippen LogP contribution is -2.70. The Morgan fingerprint density at radius 2 is 0.314 bits per heavy atom. The van der Waals surface area contributed by atoms with E-state index < -0.39 is 8.32 Å². The van der Waals surface area contributed by atoms with Crippen LogP contribution >= 0.6 is 0 Å². The molecular formula is C100H202OSi. The molecule has 1 heterocycles. The molecule has 0 aromatic rings. The Kier molecular flexibility index (Phi) is 76.5. The summed E-state index contributed by atoms with van der Waals surface area (Å²) < 4.78 is 9.49. The number of hydrogen-bond donors (Lipinski definition) is 0. The molecule has 1 rings (SSSR count). The van der Waals surface area contributed by atoms with Gasteiger partial charge in [-0.1, -0.05) is 569 Å². The molecular weight excluding hydrogens is 1250 g/mol. The molecule has 0 amide bonds. The van der Waals surface area contributed by atoms with Crippen LogP contribution in [0.3, 0.4) is 0 Å². The number of hydrogen-bond acceptors (Lipinski definition) is 1. The van der Waals surface area contributed by atoms with Gasteiger partial charge in [-0.3, -0.25) is 0 Å². The van der Waals surface area contributed by atoms with Gasteiger partial charge >= 0.3 is 0 Å². The normalized spacial score (nSPS) is 14.8. The van der Waals surface area contributed by atoms with Crippen molar-refractivity contribution >= 4 is 8.32 Å². The molecule has 0 aromatic heterocycles. The monoisotopic (exact) mass is 1450 g/mol. The summed E-state index contributed by atoms with van der Waals surface area (Å²) in [7, 11) is -2.27. The highest BCUT2D eigenvalue weighted by molar-refractivity contribution is 6.74. The summed E-state index contributed by atoms with van der Waals surface area (Å²) in [6.45, 7) is 19.2. The van der Waals surface area contributed by atoms with Crippen LogP contribution in [0.15, 0.2) is 0 Å². The Morgan fingerprint density at radius 1 is 0.167 bits per heavy atom. The van der Waals surface area contributed by atoms with E-state index in [2.05, 4.69) is 55.4 Å². The SMILES string of the molecule is CCCCCCCCCCCCC1(CCCCCCCCCCCC)C[Si](CCCCCCCCCCCC)(CCCCCCCCCCCC)OC(CCCCCCCCCCCC)(CCCCCCCCCCCC)C1(CCCCCCCCCCCC)CCCCCCCCCCCC. The van der Waals surface area contributed by atoms with Gasteiger partial charge in [0, 0.05) is 5.41 Å². The second-order valence-electron chi connectivity index (χ2n) is 36.3. The summed E-state index contributed by atoms with van der Waals surface area (Å²) in [6, 6.07) is 4.57.